The van der Waals surface area contributed by atoms with Gasteiger partial charge in [-0.3, -0.25) is 9.59 Å². The molecule has 0 radical (unpaired) electrons. The Hall–Kier alpha value is -2.67. The maximum atomic E-state index is 12.6. The van der Waals surface area contributed by atoms with Gasteiger partial charge >= 0.3 is 5.97 Å². The molecule has 2 amide bonds. The van der Waals surface area contributed by atoms with E-state index in [1.807, 2.05) is 31.2 Å². The second-order valence-electron chi connectivity index (χ2n) is 6.94. The molecule has 0 unspecified atom stereocenters. The van der Waals surface area contributed by atoms with Crippen LogP contribution in [0.25, 0.3) is 0 Å². The summed E-state index contributed by atoms with van der Waals surface area (Å²) < 4.78 is 6.10. The van der Waals surface area contributed by atoms with Crippen molar-refractivity contribution in [1.82, 2.24) is 0 Å². The number of carbonyl (C=O) groups is 3. The molecular weight excluding hydrogens is 436 g/mol. The van der Waals surface area contributed by atoms with Crippen molar-refractivity contribution in [3.05, 3.63) is 58.6 Å². The first-order valence-electron chi connectivity index (χ1n) is 9.62. The van der Waals surface area contributed by atoms with Gasteiger partial charge in [-0.05, 0) is 55.0 Å². The summed E-state index contributed by atoms with van der Waals surface area (Å²) in [6.07, 6.45) is 1.96. The van der Waals surface area contributed by atoms with E-state index in [0.717, 1.165) is 23.0 Å². The lowest BCUT2D eigenvalue weighted by Crippen LogP contribution is -2.28. The maximum absolute atomic E-state index is 12.6. The molecule has 1 fully saturated rings. The highest BCUT2D eigenvalue weighted by Gasteiger charge is 2.35. The number of hydrogen-bond donors (Lipinski definition) is 1. The second-order valence-corrected chi connectivity index (χ2v) is 7.85. The summed E-state index contributed by atoms with van der Waals surface area (Å²) in [5, 5.41) is 2.83. The maximum Gasteiger partial charge on any atom is 0.338 e. The van der Waals surface area contributed by atoms with Gasteiger partial charge in [-0.25, -0.2) is 4.79 Å². The van der Waals surface area contributed by atoms with Crippen molar-refractivity contribution in [1.29, 1.82) is 0 Å². The minimum Gasteiger partial charge on any atom is -0.462 e. The number of esters is 1. The highest BCUT2D eigenvalue weighted by Crippen LogP contribution is 2.27. The molecule has 7 heteroatoms. The van der Waals surface area contributed by atoms with Gasteiger partial charge in [-0.15, -0.1) is 0 Å². The number of amides is 2. The van der Waals surface area contributed by atoms with Gasteiger partial charge in [0.1, 0.15) is 0 Å². The number of nitrogens with one attached hydrogen (secondary N) is 1. The van der Waals surface area contributed by atoms with Crippen LogP contribution < -0.4 is 10.2 Å². The molecule has 1 heterocycles. The molecule has 1 atom stereocenters. The Morgan fingerprint density at radius 1 is 1.14 bits per heavy atom. The van der Waals surface area contributed by atoms with Crippen LogP contribution in [0.1, 0.15) is 36.5 Å². The Balaban J connectivity index is 1.57. The van der Waals surface area contributed by atoms with Crippen LogP contribution in [0.2, 0.25) is 0 Å². The SMILES string of the molecule is CCCCOC(=O)c1ccc(NC(=O)[C@H]2CC(=O)N(c3ccc(Br)cc3)C2)cc1. The molecule has 1 aliphatic rings. The van der Waals surface area contributed by atoms with Crippen LogP contribution in [0.4, 0.5) is 11.4 Å². The van der Waals surface area contributed by atoms with Crippen molar-refractivity contribution in [2.75, 3.05) is 23.4 Å². The zero-order chi connectivity index (χ0) is 20.8. The Morgan fingerprint density at radius 3 is 2.48 bits per heavy atom. The van der Waals surface area contributed by atoms with Gasteiger partial charge in [0.2, 0.25) is 11.8 Å². The molecule has 0 saturated carbocycles. The number of benzene rings is 2. The summed E-state index contributed by atoms with van der Waals surface area (Å²) in [5.74, 6) is -1.08. The number of carbonyl (C=O) groups excluding carboxylic acids is 3. The zero-order valence-corrected chi connectivity index (χ0v) is 17.8. The molecule has 3 rings (SSSR count). The van der Waals surface area contributed by atoms with Crippen LogP contribution in [0, 0.1) is 5.92 Å². The van der Waals surface area contributed by atoms with Gasteiger partial charge in [-0.1, -0.05) is 29.3 Å². The number of rotatable bonds is 7. The van der Waals surface area contributed by atoms with Crippen LogP contribution in [-0.2, 0) is 14.3 Å². The molecule has 2 aromatic carbocycles. The third kappa shape index (κ3) is 5.44. The molecule has 1 aliphatic heterocycles. The normalized spacial score (nSPS) is 16.0. The van der Waals surface area contributed by atoms with Crippen LogP contribution in [0.5, 0.6) is 0 Å². The molecule has 0 aliphatic carbocycles. The first-order valence-corrected chi connectivity index (χ1v) is 10.4. The summed E-state index contributed by atoms with van der Waals surface area (Å²) in [6.45, 7) is 2.77. The van der Waals surface area contributed by atoms with E-state index in [1.165, 1.54) is 0 Å². The Labute approximate surface area is 178 Å². The first-order chi connectivity index (χ1) is 14.0. The highest BCUT2D eigenvalue weighted by atomic mass is 79.9. The van der Waals surface area contributed by atoms with Crippen LogP contribution in [-0.4, -0.2) is 30.9 Å². The van der Waals surface area contributed by atoms with Crippen molar-refractivity contribution >= 4 is 45.1 Å². The quantitative estimate of drug-likeness (QED) is 0.492. The summed E-state index contributed by atoms with van der Waals surface area (Å²) in [5.41, 5.74) is 1.80. The van der Waals surface area contributed by atoms with Gasteiger partial charge in [0.25, 0.3) is 0 Å². The van der Waals surface area contributed by atoms with Crippen molar-refractivity contribution in [3.63, 3.8) is 0 Å². The Bertz CT molecular complexity index is 881. The molecule has 1 saturated heterocycles. The molecule has 29 heavy (non-hydrogen) atoms. The Morgan fingerprint density at radius 2 is 1.83 bits per heavy atom. The molecule has 0 aromatic heterocycles. The molecule has 6 nitrogen and oxygen atoms in total. The zero-order valence-electron chi connectivity index (χ0n) is 16.2. The lowest BCUT2D eigenvalue weighted by Gasteiger charge is -2.17. The number of anilines is 2. The molecule has 152 valence electrons. The largest absolute Gasteiger partial charge is 0.462 e. The Kier molecular flexibility index (Phi) is 7.04. The topological polar surface area (TPSA) is 75.7 Å². The minimum atomic E-state index is -0.426. The number of hydrogen-bond acceptors (Lipinski definition) is 4. The molecule has 2 aromatic rings. The fourth-order valence-corrected chi connectivity index (χ4v) is 3.34. The lowest BCUT2D eigenvalue weighted by molar-refractivity contribution is -0.122. The van der Waals surface area contributed by atoms with E-state index >= 15 is 0 Å². The van der Waals surface area contributed by atoms with E-state index in [4.69, 9.17) is 4.74 Å². The van der Waals surface area contributed by atoms with Gasteiger partial charge < -0.3 is 15.0 Å². The first kappa shape index (κ1) is 21.0. The van der Waals surface area contributed by atoms with Crippen molar-refractivity contribution < 1.29 is 19.1 Å². The number of halogens is 1. The summed E-state index contributed by atoms with van der Waals surface area (Å²) >= 11 is 3.37. The average molecular weight is 459 g/mol. The molecule has 0 spiro atoms. The van der Waals surface area contributed by atoms with E-state index in [2.05, 4.69) is 21.2 Å². The van der Waals surface area contributed by atoms with Crippen molar-refractivity contribution in [2.45, 2.75) is 26.2 Å². The van der Waals surface area contributed by atoms with E-state index < -0.39 is 5.92 Å². The van der Waals surface area contributed by atoms with Crippen molar-refractivity contribution in [3.8, 4) is 0 Å². The number of ether oxygens (including phenoxy) is 1. The fraction of sp³-hybridized carbons (Fsp3) is 0.318. The smallest absolute Gasteiger partial charge is 0.338 e. The minimum absolute atomic E-state index is 0.0716. The van der Waals surface area contributed by atoms with Gasteiger partial charge in [0.15, 0.2) is 0 Å². The molecular formula is C22H23BrN2O4. The van der Waals surface area contributed by atoms with Crippen LogP contribution in [0.3, 0.4) is 0 Å². The van der Waals surface area contributed by atoms with Crippen molar-refractivity contribution in [2.24, 2.45) is 5.92 Å². The predicted molar refractivity (Wildman–Crippen MR) is 115 cm³/mol. The fourth-order valence-electron chi connectivity index (χ4n) is 3.08. The summed E-state index contributed by atoms with van der Waals surface area (Å²) in [6, 6.07) is 14.0. The predicted octanol–water partition coefficient (Wildman–Crippen LogP) is 4.40. The molecule has 0 bridgehead atoms. The number of nitrogens with zero attached hydrogens (tertiary/aromatic N) is 1. The number of unbranched alkanes of at least 4 members (excludes halogenated alkanes) is 1. The third-order valence-corrected chi connectivity index (χ3v) is 5.28. The van der Waals surface area contributed by atoms with Crippen LogP contribution in [0.15, 0.2) is 53.0 Å². The standard InChI is InChI=1S/C22H23BrN2O4/c1-2-3-12-29-22(28)15-4-8-18(9-5-15)24-21(27)16-13-20(26)25(14-16)19-10-6-17(23)7-11-19/h4-11,16H,2-3,12-14H2,1H3,(H,24,27)/t16-/m0/s1. The lowest BCUT2D eigenvalue weighted by atomic mass is 10.1. The average Bonchev–Trinajstić information content (AvgIpc) is 3.11. The van der Waals surface area contributed by atoms with Gasteiger partial charge in [0.05, 0.1) is 18.1 Å². The summed E-state index contributed by atoms with van der Waals surface area (Å²) in [7, 11) is 0. The third-order valence-electron chi connectivity index (χ3n) is 4.75. The molecule has 1 N–H and O–H groups in total. The highest BCUT2D eigenvalue weighted by molar-refractivity contribution is 9.10. The summed E-state index contributed by atoms with van der Waals surface area (Å²) in [4.78, 5) is 38.5. The van der Waals surface area contributed by atoms with Crippen LogP contribution >= 0.6 is 15.9 Å². The monoisotopic (exact) mass is 458 g/mol. The van der Waals surface area contributed by atoms with E-state index in [9.17, 15) is 14.4 Å². The van der Waals surface area contributed by atoms with E-state index in [1.54, 1.807) is 29.2 Å². The van der Waals surface area contributed by atoms with E-state index in [0.29, 0.717) is 24.4 Å². The van der Waals surface area contributed by atoms with E-state index in [-0.39, 0.29) is 24.2 Å². The van der Waals surface area contributed by atoms with Gasteiger partial charge in [0, 0.05) is 28.8 Å². The van der Waals surface area contributed by atoms with Gasteiger partial charge in [-0.2, -0.15) is 0 Å². The second kappa shape index (κ2) is 9.69.